The lowest BCUT2D eigenvalue weighted by molar-refractivity contribution is -0.154. The molecule has 1 aromatic carbocycles. The highest BCUT2D eigenvalue weighted by Crippen LogP contribution is 2.13. The summed E-state index contributed by atoms with van der Waals surface area (Å²) >= 11 is 0. The van der Waals surface area contributed by atoms with Gasteiger partial charge in [0.2, 0.25) is 0 Å². The molecule has 6 nitrogen and oxygen atoms in total. The number of nitrogens with zero attached hydrogens (tertiary/aromatic N) is 2. The highest BCUT2D eigenvalue weighted by Gasteiger charge is 2.31. The van der Waals surface area contributed by atoms with Gasteiger partial charge in [-0.3, -0.25) is 14.4 Å². The number of benzene rings is 1. The number of hydrogen-bond donors (Lipinski definition) is 0. The molecule has 6 heteroatoms. The fraction of sp³-hybridized carbons (Fsp3) is 0.400. The molecule has 1 saturated heterocycles. The Morgan fingerprint density at radius 3 is 2.43 bits per heavy atom. The smallest absolute Gasteiger partial charge is 0.312 e. The Morgan fingerprint density at radius 2 is 1.81 bits per heavy atom. The van der Waals surface area contributed by atoms with Crippen molar-refractivity contribution in [2.45, 2.75) is 6.92 Å². The van der Waals surface area contributed by atoms with Crippen LogP contribution >= 0.6 is 0 Å². The first-order chi connectivity index (χ1) is 10.0. The van der Waals surface area contributed by atoms with Gasteiger partial charge in [-0.05, 0) is 31.2 Å². The number of ether oxygens (including phenoxy) is 1. The monoisotopic (exact) mass is 290 g/mol. The molecule has 1 heterocycles. The van der Waals surface area contributed by atoms with E-state index in [9.17, 15) is 14.4 Å². The topological polar surface area (TPSA) is 66.9 Å². The fourth-order valence-corrected chi connectivity index (χ4v) is 2.09. The minimum absolute atomic E-state index is 0.0770. The molecule has 0 spiro atoms. The molecule has 0 radical (unpaired) electrons. The van der Waals surface area contributed by atoms with Crippen LogP contribution in [0, 0.1) is 0 Å². The molecule has 1 aromatic rings. The first-order valence-electron chi connectivity index (χ1n) is 6.83. The van der Waals surface area contributed by atoms with Crippen LogP contribution in [0.4, 0.5) is 0 Å². The fourth-order valence-electron chi connectivity index (χ4n) is 2.09. The second-order valence-corrected chi connectivity index (χ2v) is 4.83. The Hall–Kier alpha value is -2.37. The van der Waals surface area contributed by atoms with E-state index in [1.807, 2.05) is 6.92 Å². The first kappa shape index (κ1) is 15.0. The third-order valence-corrected chi connectivity index (χ3v) is 3.34. The lowest BCUT2D eigenvalue weighted by atomic mass is 10.1. The minimum atomic E-state index is -0.622. The summed E-state index contributed by atoms with van der Waals surface area (Å²) in [4.78, 5) is 38.2. The van der Waals surface area contributed by atoms with Gasteiger partial charge < -0.3 is 14.5 Å². The average molecular weight is 290 g/mol. The normalized spacial score (nSPS) is 15.3. The largest absolute Gasteiger partial charge is 0.494 e. The molecule has 1 aliphatic heterocycles. The van der Waals surface area contributed by atoms with E-state index in [1.165, 1.54) is 9.80 Å². The van der Waals surface area contributed by atoms with E-state index < -0.39 is 11.8 Å². The zero-order valence-corrected chi connectivity index (χ0v) is 12.2. The van der Waals surface area contributed by atoms with Crippen LogP contribution in [0.2, 0.25) is 0 Å². The summed E-state index contributed by atoms with van der Waals surface area (Å²) in [6.45, 7) is 3.19. The molecular weight excluding hydrogens is 272 g/mol. The molecule has 0 unspecified atom stereocenters. The van der Waals surface area contributed by atoms with Crippen molar-refractivity contribution in [3.63, 3.8) is 0 Å². The molecule has 2 amide bonds. The van der Waals surface area contributed by atoms with Gasteiger partial charge in [-0.25, -0.2) is 0 Å². The van der Waals surface area contributed by atoms with Gasteiger partial charge in [-0.15, -0.1) is 0 Å². The van der Waals surface area contributed by atoms with Gasteiger partial charge in [-0.2, -0.15) is 0 Å². The highest BCUT2D eigenvalue weighted by molar-refractivity contribution is 6.35. The average Bonchev–Trinajstić information content (AvgIpc) is 2.49. The van der Waals surface area contributed by atoms with Crippen LogP contribution in [0.1, 0.15) is 17.3 Å². The van der Waals surface area contributed by atoms with Gasteiger partial charge in [0.25, 0.3) is 0 Å². The maximum Gasteiger partial charge on any atom is 0.312 e. The van der Waals surface area contributed by atoms with Crippen LogP contribution in [-0.4, -0.2) is 60.7 Å². The van der Waals surface area contributed by atoms with E-state index in [0.717, 1.165) is 0 Å². The highest BCUT2D eigenvalue weighted by atomic mass is 16.5. The molecule has 2 rings (SSSR count). The van der Waals surface area contributed by atoms with Crippen LogP contribution in [0.3, 0.4) is 0 Å². The predicted octanol–water partition coefficient (Wildman–Crippen LogP) is 0.569. The molecule has 0 aliphatic carbocycles. The zero-order valence-electron chi connectivity index (χ0n) is 12.2. The van der Waals surface area contributed by atoms with Crippen molar-refractivity contribution >= 4 is 17.6 Å². The van der Waals surface area contributed by atoms with E-state index in [-0.39, 0.29) is 12.3 Å². The van der Waals surface area contributed by atoms with Gasteiger partial charge >= 0.3 is 11.8 Å². The number of piperazine rings is 1. The number of amides is 2. The molecule has 0 bridgehead atoms. The van der Waals surface area contributed by atoms with Gasteiger partial charge in [0.15, 0.2) is 5.78 Å². The molecule has 1 fully saturated rings. The minimum Gasteiger partial charge on any atom is -0.494 e. The molecule has 0 N–H and O–H groups in total. The molecule has 0 atom stereocenters. The summed E-state index contributed by atoms with van der Waals surface area (Å²) in [5.74, 6) is -0.688. The van der Waals surface area contributed by atoms with Crippen molar-refractivity contribution in [2.75, 3.05) is 33.3 Å². The number of hydrogen-bond acceptors (Lipinski definition) is 4. The summed E-state index contributed by atoms with van der Waals surface area (Å²) in [7, 11) is 1.58. The molecule has 21 heavy (non-hydrogen) atoms. The first-order valence-corrected chi connectivity index (χ1v) is 6.83. The third-order valence-electron chi connectivity index (χ3n) is 3.34. The van der Waals surface area contributed by atoms with Crippen molar-refractivity contribution in [2.24, 2.45) is 0 Å². The second kappa shape index (κ2) is 6.39. The third kappa shape index (κ3) is 3.39. The van der Waals surface area contributed by atoms with Crippen LogP contribution in [-0.2, 0) is 9.59 Å². The maximum atomic E-state index is 12.2. The van der Waals surface area contributed by atoms with Crippen molar-refractivity contribution in [1.29, 1.82) is 0 Å². The number of rotatable bonds is 5. The molecule has 112 valence electrons. The summed E-state index contributed by atoms with van der Waals surface area (Å²) < 4.78 is 5.31. The van der Waals surface area contributed by atoms with Crippen molar-refractivity contribution in [3.8, 4) is 5.75 Å². The van der Waals surface area contributed by atoms with Crippen molar-refractivity contribution < 1.29 is 19.1 Å². The van der Waals surface area contributed by atoms with E-state index in [1.54, 1.807) is 31.3 Å². The van der Waals surface area contributed by atoms with Crippen molar-refractivity contribution in [3.05, 3.63) is 29.8 Å². The lowest BCUT2D eigenvalue weighted by Crippen LogP contribution is -2.53. The summed E-state index contributed by atoms with van der Waals surface area (Å²) in [5.41, 5.74) is 0.498. The van der Waals surface area contributed by atoms with E-state index in [2.05, 4.69) is 0 Å². The Kier molecular flexibility index (Phi) is 4.57. The Balaban J connectivity index is 2.01. The van der Waals surface area contributed by atoms with Crippen LogP contribution < -0.4 is 4.74 Å². The Bertz CT molecular complexity index is 553. The summed E-state index contributed by atoms with van der Waals surface area (Å²) in [6, 6.07) is 6.76. The van der Waals surface area contributed by atoms with Crippen LogP contribution in [0.15, 0.2) is 24.3 Å². The van der Waals surface area contributed by atoms with E-state index >= 15 is 0 Å². The van der Waals surface area contributed by atoms with Gasteiger partial charge in [0.1, 0.15) is 5.75 Å². The molecule has 0 saturated carbocycles. The number of Topliss-reactive ketones (excluding diaryl/α,β-unsaturated/α-hetero) is 1. The van der Waals surface area contributed by atoms with E-state index in [0.29, 0.717) is 31.0 Å². The SMILES string of the molecule is CCOc1ccc(C(=O)CN2CCN(C)C(=O)C2=O)cc1. The predicted molar refractivity (Wildman–Crippen MR) is 76.2 cm³/mol. The Labute approximate surface area is 123 Å². The van der Waals surface area contributed by atoms with E-state index in [4.69, 9.17) is 4.74 Å². The Morgan fingerprint density at radius 1 is 1.14 bits per heavy atom. The second-order valence-electron chi connectivity index (χ2n) is 4.83. The number of carbonyl (C=O) groups excluding carboxylic acids is 3. The molecular formula is C15H18N2O4. The van der Waals surface area contributed by atoms with Crippen LogP contribution in [0.25, 0.3) is 0 Å². The quantitative estimate of drug-likeness (QED) is 0.587. The lowest BCUT2D eigenvalue weighted by Gasteiger charge is -2.30. The molecule has 0 aromatic heterocycles. The maximum absolute atomic E-state index is 12.2. The number of likely N-dealkylation sites (N-methyl/N-ethyl adjacent to an activating group) is 1. The van der Waals surface area contributed by atoms with Gasteiger partial charge in [-0.1, -0.05) is 0 Å². The van der Waals surface area contributed by atoms with Crippen LogP contribution in [0.5, 0.6) is 5.75 Å². The van der Waals surface area contributed by atoms with Gasteiger partial charge in [0, 0.05) is 25.7 Å². The standard InChI is InChI=1S/C15H18N2O4/c1-3-21-12-6-4-11(5-7-12)13(18)10-17-9-8-16(2)14(19)15(17)20/h4-7H,3,8-10H2,1-2H3. The summed E-state index contributed by atoms with van der Waals surface area (Å²) in [6.07, 6.45) is 0. The number of ketones is 1. The van der Waals surface area contributed by atoms with Crippen molar-refractivity contribution in [1.82, 2.24) is 9.80 Å². The van der Waals surface area contributed by atoms with Gasteiger partial charge in [0.05, 0.1) is 13.2 Å². The molecule has 1 aliphatic rings. The summed E-state index contributed by atoms with van der Waals surface area (Å²) in [5, 5.41) is 0. The number of carbonyl (C=O) groups is 3. The zero-order chi connectivity index (χ0) is 15.4.